The number of hydrogen-bond acceptors (Lipinski definition) is 3. The van der Waals surface area contributed by atoms with Crippen LogP contribution in [-0.4, -0.2) is 33.9 Å². The van der Waals surface area contributed by atoms with Crippen LogP contribution in [-0.2, 0) is 0 Å². The Morgan fingerprint density at radius 1 is 1.32 bits per heavy atom. The quantitative estimate of drug-likeness (QED) is 0.772. The van der Waals surface area contributed by atoms with Gasteiger partial charge in [-0.1, -0.05) is 26.0 Å². The van der Waals surface area contributed by atoms with Crippen molar-refractivity contribution < 1.29 is 9.90 Å². The number of nitrogens with one attached hydrogen (secondary N) is 1. The number of aliphatic hydroxyl groups excluding tert-OH is 1. The fourth-order valence-electron chi connectivity index (χ4n) is 2.22. The number of aliphatic hydroxyl groups is 1. The molecule has 0 unspecified atom stereocenters. The van der Waals surface area contributed by atoms with Gasteiger partial charge < -0.3 is 10.4 Å². The topological polar surface area (TPSA) is 67.2 Å². The van der Waals surface area contributed by atoms with Crippen molar-refractivity contribution in [3.05, 3.63) is 48.3 Å². The third-order valence-corrected chi connectivity index (χ3v) is 3.64. The van der Waals surface area contributed by atoms with E-state index in [2.05, 4.69) is 10.4 Å². The van der Waals surface area contributed by atoms with Crippen molar-refractivity contribution in [2.24, 2.45) is 5.41 Å². The highest BCUT2D eigenvalue weighted by Gasteiger charge is 2.16. The minimum absolute atomic E-state index is 0.0995. The number of aromatic nitrogens is 2. The summed E-state index contributed by atoms with van der Waals surface area (Å²) >= 11 is 0. The fraction of sp³-hybridized carbons (Fsp3) is 0.412. The van der Waals surface area contributed by atoms with E-state index in [4.69, 9.17) is 0 Å². The van der Waals surface area contributed by atoms with Crippen molar-refractivity contribution in [2.45, 2.75) is 26.7 Å². The predicted molar refractivity (Wildman–Crippen MR) is 86.0 cm³/mol. The lowest BCUT2D eigenvalue weighted by molar-refractivity contribution is 0.0948. The number of amides is 1. The highest BCUT2D eigenvalue weighted by Crippen LogP contribution is 2.20. The molecular formula is C17H23N3O2. The van der Waals surface area contributed by atoms with E-state index in [-0.39, 0.29) is 17.9 Å². The molecule has 22 heavy (non-hydrogen) atoms. The minimum Gasteiger partial charge on any atom is -0.396 e. The monoisotopic (exact) mass is 301 g/mol. The zero-order valence-electron chi connectivity index (χ0n) is 13.1. The van der Waals surface area contributed by atoms with Crippen LogP contribution in [0.2, 0.25) is 0 Å². The van der Waals surface area contributed by atoms with Gasteiger partial charge in [-0.05, 0) is 36.5 Å². The molecular weight excluding hydrogens is 278 g/mol. The second-order valence-corrected chi connectivity index (χ2v) is 6.15. The third kappa shape index (κ3) is 4.18. The molecule has 0 bridgehead atoms. The van der Waals surface area contributed by atoms with Gasteiger partial charge in [-0.2, -0.15) is 5.10 Å². The van der Waals surface area contributed by atoms with Gasteiger partial charge in [-0.15, -0.1) is 0 Å². The number of rotatable bonds is 7. The molecule has 0 aliphatic heterocycles. The lowest BCUT2D eigenvalue weighted by Crippen LogP contribution is -2.27. The molecule has 0 spiro atoms. The number of carbonyl (C=O) groups excluding carboxylic acids is 1. The van der Waals surface area contributed by atoms with Gasteiger partial charge in [0.15, 0.2) is 0 Å². The molecule has 0 fully saturated rings. The summed E-state index contributed by atoms with van der Waals surface area (Å²) in [6.45, 7) is 4.78. The second kappa shape index (κ2) is 7.22. The molecule has 2 aromatic rings. The first kappa shape index (κ1) is 16.2. The maximum atomic E-state index is 12.4. The molecule has 1 aromatic heterocycles. The van der Waals surface area contributed by atoms with Gasteiger partial charge in [-0.3, -0.25) is 4.79 Å². The normalized spacial score (nSPS) is 11.4. The summed E-state index contributed by atoms with van der Waals surface area (Å²) in [5.74, 6) is -0.104. The van der Waals surface area contributed by atoms with E-state index < -0.39 is 0 Å². The van der Waals surface area contributed by atoms with Crippen molar-refractivity contribution in [1.29, 1.82) is 0 Å². The predicted octanol–water partition coefficient (Wildman–Crippen LogP) is 2.40. The third-order valence-electron chi connectivity index (χ3n) is 3.64. The molecule has 0 aliphatic rings. The number of carbonyl (C=O) groups is 1. The first-order chi connectivity index (χ1) is 10.5. The smallest absolute Gasteiger partial charge is 0.253 e. The number of nitrogens with zero attached hydrogens (tertiary/aromatic N) is 2. The van der Waals surface area contributed by atoms with Crippen LogP contribution >= 0.6 is 0 Å². The molecule has 0 saturated heterocycles. The van der Waals surface area contributed by atoms with Crippen molar-refractivity contribution >= 4 is 5.91 Å². The van der Waals surface area contributed by atoms with Gasteiger partial charge in [0, 0.05) is 25.5 Å². The summed E-state index contributed by atoms with van der Waals surface area (Å²) in [6.07, 6.45) is 5.20. The Balaban J connectivity index is 1.96. The van der Waals surface area contributed by atoms with Crippen LogP contribution in [0, 0.1) is 5.41 Å². The Hall–Kier alpha value is -2.14. The molecule has 118 valence electrons. The summed E-state index contributed by atoms with van der Waals surface area (Å²) in [6, 6.07) is 9.22. The molecule has 1 amide bonds. The largest absolute Gasteiger partial charge is 0.396 e. The zero-order chi connectivity index (χ0) is 16.0. The first-order valence-corrected chi connectivity index (χ1v) is 7.52. The number of hydrogen-bond donors (Lipinski definition) is 2. The molecule has 2 N–H and O–H groups in total. The maximum absolute atomic E-state index is 12.4. The molecule has 5 nitrogen and oxygen atoms in total. The minimum atomic E-state index is -0.104. The lowest BCUT2D eigenvalue weighted by Gasteiger charge is -2.21. The lowest BCUT2D eigenvalue weighted by atomic mass is 9.89. The summed E-state index contributed by atoms with van der Waals surface area (Å²) in [5, 5.41) is 16.3. The van der Waals surface area contributed by atoms with Gasteiger partial charge in [0.2, 0.25) is 0 Å². The fourth-order valence-corrected chi connectivity index (χ4v) is 2.22. The van der Waals surface area contributed by atoms with Gasteiger partial charge in [0.05, 0.1) is 11.3 Å². The van der Waals surface area contributed by atoms with Crippen molar-refractivity contribution in [2.75, 3.05) is 13.2 Å². The first-order valence-electron chi connectivity index (χ1n) is 7.52. The molecule has 1 aromatic carbocycles. The van der Waals surface area contributed by atoms with Crippen LogP contribution in [0.4, 0.5) is 0 Å². The summed E-state index contributed by atoms with van der Waals surface area (Å²) in [4.78, 5) is 12.4. The standard InChI is InChI=1S/C17H23N3O2/c1-17(2,13-21)9-5-10-18-16(22)14-7-3-4-8-15(14)20-12-6-11-19-20/h3-4,6-8,11-12,21H,5,9-10,13H2,1-2H3,(H,18,22). The van der Waals surface area contributed by atoms with Crippen molar-refractivity contribution in [3.8, 4) is 5.69 Å². The summed E-state index contributed by atoms with van der Waals surface area (Å²) in [5.41, 5.74) is 1.27. The highest BCUT2D eigenvalue weighted by atomic mass is 16.3. The Kier molecular flexibility index (Phi) is 5.33. The van der Waals surface area contributed by atoms with Crippen molar-refractivity contribution in [3.63, 3.8) is 0 Å². The zero-order valence-corrected chi connectivity index (χ0v) is 13.1. The number of para-hydroxylation sites is 1. The molecule has 1 heterocycles. The van der Waals surface area contributed by atoms with Gasteiger partial charge in [-0.25, -0.2) is 4.68 Å². The van der Waals surface area contributed by atoms with E-state index in [0.29, 0.717) is 12.1 Å². The van der Waals surface area contributed by atoms with Crippen molar-refractivity contribution in [1.82, 2.24) is 15.1 Å². The van der Waals surface area contributed by atoms with Crippen LogP contribution in [0.15, 0.2) is 42.7 Å². The summed E-state index contributed by atoms with van der Waals surface area (Å²) in [7, 11) is 0. The van der Waals surface area contributed by atoms with E-state index >= 15 is 0 Å². The SMILES string of the molecule is CC(C)(CO)CCCNC(=O)c1ccccc1-n1cccn1. The Morgan fingerprint density at radius 3 is 2.77 bits per heavy atom. The van der Waals surface area contributed by atoms with Gasteiger partial charge in [0.25, 0.3) is 5.91 Å². The molecule has 2 rings (SSSR count). The van der Waals surface area contributed by atoms with E-state index in [1.54, 1.807) is 16.9 Å². The Bertz CT molecular complexity index is 606. The van der Waals surface area contributed by atoms with Crippen LogP contribution in [0.25, 0.3) is 5.69 Å². The molecule has 0 saturated carbocycles. The average Bonchev–Trinajstić information content (AvgIpc) is 3.05. The Labute approximate surface area is 131 Å². The van der Waals surface area contributed by atoms with Crippen LogP contribution in [0.1, 0.15) is 37.0 Å². The number of benzene rings is 1. The van der Waals surface area contributed by atoms with Gasteiger partial charge in [0.1, 0.15) is 0 Å². The second-order valence-electron chi connectivity index (χ2n) is 6.15. The van der Waals surface area contributed by atoms with Crippen LogP contribution in [0.5, 0.6) is 0 Å². The average molecular weight is 301 g/mol. The maximum Gasteiger partial charge on any atom is 0.253 e. The van der Waals surface area contributed by atoms with E-state index in [9.17, 15) is 9.90 Å². The molecule has 0 radical (unpaired) electrons. The van der Waals surface area contributed by atoms with Crippen LogP contribution < -0.4 is 5.32 Å². The van der Waals surface area contributed by atoms with Crippen LogP contribution in [0.3, 0.4) is 0 Å². The molecule has 5 heteroatoms. The van der Waals surface area contributed by atoms with E-state index in [0.717, 1.165) is 18.5 Å². The van der Waals surface area contributed by atoms with E-state index in [1.807, 2.05) is 44.3 Å². The molecule has 0 aliphatic carbocycles. The van der Waals surface area contributed by atoms with E-state index in [1.165, 1.54) is 0 Å². The highest BCUT2D eigenvalue weighted by molar-refractivity contribution is 5.97. The Morgan fingerprint density at radius 2 is 2.09 bits per heavy atom. The van der Waals surface area contributed by atoms with Gasteiger partial charge >= 0.3 is 0 Å². The molecule has 0 atom stereocenters. The summed E-state index contributed by atoms with van der Waals surface area (Å²) < 4.78 is 1.68.